The number of carbonyl (C=O) groups is 1. The molecule has 3 N–H and O–H groups in total. The van der Waals surface area contributed by atoms with Crippen LogP contribution in [0.5, 0.6) is 0 Å². The van der Waals surface area contributed by atoms with Crippen molar-refractivity contribution in [2.45, 2.75) is 39.3 Å². The highest BCUT2D eigenvalue weighted by atomic mass is 127. The maximum Gasteiger partial charge on any atom is 0.226 e. The molecule has 2 aromatic heterocycles. The second kappa shape index (κ2) is 9.58. The summed E-state index contributed by atoms with van der Waals surface area (Å²) in [5.41, 5.74) is 6.29. The molecule has 3 heterocycles. The summed E-state index contributed by atoms with van der Waals surface area (Å²) in [6, 6.07) is 13.6. The van der Waals surface area contributed by atoms with Crippen molar-refractivity contribution in [1.82, 2.24) is 20.2 Å². The van der Waals surface area contributed by atoms with E-state index in [2.05, 4.69) is 61.9 Å². The van der Waals surface area contributed by atoms with E-state index in [9.17, 15) is 4.79 Å². The Labute approximate surface area is 207 Å². The first kappa shape index (κ1) is 22.7. The molecule has 0 unspecified atom stereocenters. The molecule has 8 heteroatoms. The number of aromatic nitrogens is 2. The Kier molecular flexibility index (Phi) is 6.80. The molecular formula is C24H26IN5OS. The van der Waals surface area contributed by atoms with Crippen LogP contribution in [0.25, 0.3) is 0 Å². The van der Waals surface area contributed by atoms with Gasteiger partial charge >= 0.3 is 0 Å². The second-order valence-corrected chi connectivity index (χ2v) is 9.56. The zero-order chi connectivity index (χ0) is 22.8. The molecule has 2 atom stereocenters. The molecule has 4 rings (SSSR count). The van der Waals surface area contributed by atoms with Crippen LogP contribution in [0.3, 0.4) is 0 Å². The number of halogens is 1. The van der Waals surface area contributed by atoms with Crippen LogP contribution in [-0.4, -0.2) is 32.4 Å². The van der Waals surface area contributed by atoms with E-state index in [1.165, 1.54) is 9.13 Å². The Balaban J connectivity index is 1.59. The van der Waals surface area contributed by atoms with E-state index >= 15 is 0 Å². The smallest absolute Gasteiger partial charge is 0.226 e. The zero-order valence-corrected chi connectivity index (χ0v) is 21.3. The zero-order valence-electron chi connectivity index (χ0n) is 18.3. The van der Waals surface area contributed by atoms with Gasteiger partial charge in [0.15, 0.2) is 5.11 Å². The number of anilines is 1. The molecule has 0 bridgehead atoms. The molecule has 166 valence electrons. The number of hydrogen-bond acceptors (Lipinski definition) is 3. The van der Waals surface area contributed by atoms with E-state index in [0.29, 0.717) is 18.1 Å². The number of rotatable bonds is 6. The number of benzene rings is 1. The van der Waals surface area contributed by atoms with Crippen molar-refractivity contribution >= 4 is 51.5 Å². The lowest BCUT2D eigenvalue weighted by molar-refractivity contribution is -0.116. The van der Waals surface area contributed by atoms with E-state index in [1.807, 2.05) is 49.4 Å². The first-order chi connectivity index (χ1) is 15.3. The fraction of sp³-hybridized carbons (Fsp3) is 0.292. The topological polar surface area (TPSA) is 73.1 Å². The van der Waals surface area contributed by atoms with E-state index in [4.69, 9.17) is 12.2 Å². The lowest BCUT2D eigenvalue weighted by Crippen LogP contribution is -2.33. The van der Waals surface area contributed by atoms with Crippen LogP contribution in [0.4, 0.5) is 5.69 Å². The van der Waals surface area contributed by atoms with Crippen molar-refractivity contribution in [3.63, 3.8) is 0 Å². The number of nitrogens with one attached hydrogen (secondary N) is 3. The van der Waals surface area contributed by atoms with Gasteiger partial charge in [-0.2, -0.15) is 0 Å². The first-order valence-corrected chi connectivity index (χ1v) is 12.0. The van der Waals surface area contributed by atoms with Crippen LogP contribution in [-0.2, 0) is 4.79 Å². The fourth-order valence-electron chi connectivity index (χ4n) is 4.25. The minimum absolute atomic E-state index is 0.0323. The van der Waals surface area contributed by atoms with E-state index in [0.717, 1.165) is 28.3 Å². The van der Waals surface area contributed by atoms with Gasteiger partial charge in [0.05, 0.1) is 17.8 Å². The van der Waals surface area contributed by atoms with Gasteiger partial charge in [-0.25, -0.2) is 0 Å². The predicted molar refractivity (Wildman–Crippen MR) is 140 cm³/mol. The third-order valence-electron chi connectivity index (χ3n) is 5.72. The highest BCUT2D eigenvalue weighted by molar-refractivity contribution is 14.1. The standard InChI is InChI=1S/C24H26IN5OS/c1-14-7-6-8-17(13-14)28-19(31)10-12-30-23(20-15(2)27-16(3)21(20)25)22(29-24(30)32)18-9-4-5-11-26-18/h4-9,11,13,22-23,27H,10,12H2,1-3H3,(H,28,31)(H,29,32)/t22-,23-/m0/s1. The van der Waals surface area contributed by atoms with Crippen molar-refractivity contribution in [2.24, 2.45) is 0 Å². The Morgan fingerprint density at radius 2 is 2.00 bits per heavy atom. The van der Waals surface area contributed by atoms with Crippen molar-refractivity contribution in [3.8, 4) is 0 Å². The van der Waals surface area contributed by atoms with Gasteiger partial charge in [-0.05, 0) is 85.4 Å². The van der Waals surface area contributed by atoms with Gasteiger partial charge in [-0.3, -0.25) is 9.78 Å². The summed E-state index contributed by atoms with van der Waals surface area (Å²) >= 11 is 8.12. The summed E-state index contributed by atoms with van der Waals surface area (Å²) in [5.74, 6) is -0.0323. The van der Waals surface area contributed by atoms with Gasteiger partial charge in [0, 0.05) is 45.4 Å². The van der Waals surface area contributed by atoms with Crippen LogP contribution in [0, 0.1) is 24.3 Å². The second-order valence-electron chi connectivity index (χ2n) is 8.09. The van der Waals surface area contributed by atoms with Gasteiger partial charge < -0.3 is 20.5 Å². The SMILES string of the molecule is Cc1cccc(NC(=O)CCN2C(=S)N[C@@H](c3ccccn3)[C@@H]2c2c(C)[nH]c(C)c2I)c1. The predicted octanol–water partition coefficient (Wildman–Crippen LogP) is 4.94. The lowest BCUT2D eigenvalue weighted by atomic mass is 9.96. The number of H-pyrrole nitrogens is 1. The van der Waals surface area contributed by atoms with Gasteiger partial charge in [-0.1, -0.05) is 18.2 Å². The largest absolute Gasteiger partial charge is 0.362 e. The quantitative estimate of drug-likeness (QED) is 0.295. The van der Waals surface area contributed by atoms with Gasteiger partial charge in [0.25, 0.3) is 0 Å². The number of nitrogens with zero attached hydrogens (tertiary/aromatic N) is 2. The number of amides is 1. The Bertz CT molecular complexity index is 1150. The van der Waals surface area contributed by atoms with E-state index in [-0.39, 0.29) is 18.0 Å². The maximum atomic E-state index is 12.7. The molecule has 1 aliphatic rings. The van der Waals surface area contributed by atoms with E-state index < -0.39 is 0 Å². The lowest BCUT2D eigenvalue weighted by Gasteiger charge is -2.28. The molecule has 1 aromatic carbocycles. The van der Waals surface area contributed by atoms with E-state index in [1.54, 1.807) is 6.20 Å². The van der Waals surface area contributed by atoms with Crippen LogP contribution in [0.15, 0.2) is 48.7 Å². The van der Waals surface area contributed by atoms with Crippen molar-refractivity contribution in [3.05, 3.63) is 80.4 Å². The van der Waals surface area contributed by atoms with Crippen LogP contribution >= 0.6 is 34.8 Å². The number of aromatic amines is 1. The Morgan fingerprint density at radius 1 is 1.19 bits per heavy atom. The summed E-state index contributed by atoms with van der Waals surface area (Å²) in [6.45, 7) is 6.69. The average molecular weight is 559 g/mol. The minimum atomic E-state index is -0.0917. The maximum absolute atomic E-state index is 12.7. The molecule has 1 fully saturated rings. The molecule has 32 heavy (non-hydrogen) atoms. The number of aryl methyl sites for hydroxylation is 3. The number of hydrogen-bond donors (Lipinski definition) is 3. The third kappa shape index (κ3) is 4.66. The molecule has 1 aliphatic heterocycles. The molecule has 0 spiro atoms. The van der Waals surface area contributed by atoms with Gasteiger partial charge in [0.1, 0.15) is 0 Å². The molecular weight excluding hydrogens is 533 g/mol. The third-order valence-corrected chi connectivity index (χ3v) is 7.46. The summed E-state index contributed by atoms with van der Waals surface area (Å²) in [6.07, 6.45) is 2.13. The molecule has 0 aliphatic carbocycles. The monoisotopic (exact) mass is 559 g/mol. The summed E-state index contributed by atoms with van der Waals surface area (Å²) in [5, 5.41) is 7.10. The van der Waals surface area contributed by atoms with Crippen molar-refractivity contribution in [1.29, 1.82) is 0 Å². The number of pyridine rings is 1. The molecule has 3 aromatic rings. The normalized spacial score (nSPS) is 18.0. The summed E-state index contributed by atoms with van der Waals surface area (Å²) in [7, 11) is 0. The molecule has 0 saturated carbocycles. The van der Waals surface area contributed by atoms with Gasteiger partial charge in [-0.15, -0.1) is 0 Å². The molecule has 0 radical (unpaired) electrons. The van der Waals surface area contributed by atoms with Crippen molar-refractivity contribution < 1.29 is 4.79 Å². The molecule has 1 amide bonds. The molecule has 1 saturated heterocycles. The Hall–Kier alpha value is -2.46. The Morgan fingerprint density at radius 3 is 2.66 bits per heavy atom. The highest BCUT2D eigenvalue weighted by Gasteiger charge is 2.42. The van der Waals surface area contributed by atoms with Crippen LogP contribution in [0.2, 0.25) is 0 Å². The first-order valence-electron chi connectivity index (χ1n) is 10.5. The highest BCUT2D eigenvalue weighted by Crippen LogP contribution is 2.42. The fourth-order valence-corrected chi connectivity index (χ4v) is 5.44. The number of thiocarbonyl (C=S) groups is 1. The van der Waals surface area contributed by atoms with Crippen molar-refractivity contribution in [2.75, 3.05) is 11.9 Å². The van der Waals surface area contributed by atoms with Crippen LogP contribution in [0.1, 0.15) is 46.7 Å². The summed E-state index contributed by atoms with van der Waals surface area (Å²) in [4.78, 5) is 22.9. The minimum Gasteiger partial charge on any atom is -0.362 e. The molecule has 6 nitrogen and oxygen atoms in total. The summed E-state index contributed by atoms with van der Waals surface area (Å²) < 4.78 is 1.19. The average Bonchev–Trinajstić information content (AvgIpc) is 3.21. The van der Waals surface area contributed by atoms with Crippen LogP contribution < -0.4 is 10.6 Å². The number of carbonyl (C=O) groups excluding carboxylic acids is 1. The van der Waals surface area contributed by atoms with Gasteiger partial charge in [0.2, 0.25) is 5.91 Å².